The topological polar surface area (TPSA) is 105 Å². The number of hydrogen-bond donors (Lipinski definition) is 0. The van der Waals surface area contributed by atoms with E-state index in [0.717, 1.165) is 0 Å². The van der Waals surface area contributed by atoms with E-state index < -0.39 is 23.9 Å². The van der Waals surface area contributed by atoms with Crippen LogP contribution in [0.4, 0.5) is 0 Å². The van der Waals surface area contributed by atoms with Gasteiger partial charge in [-0.2, -0.15) is 0 Å². The predicted octanol–water partition coefficient (Wildman–Crippen LogP) is 3.44. The first-order valence-corrected chi connectivity index (χ1v) is 10.9. The summed E-state index contributed by atoms with van der Waals surface area (Å²) in [5, 5.41) is 0. The van der Waals surface area contributed by atoms with Gasteiger partial charge in [0.15, 0.2) is 0 Å². The van der Waals surface area contributed by atoms with Gasteiger partial charge in [0.1, 0.15) is 0 Å². The molecule has 0 heterocycles. The summed E-state index contributed by atoms with van der Waals surface area (Å²) in [5.41, 5.74) is 1.03. The molecule has 0 aromatic heterocycles. The molecule has 0 atom stereocenters. The predicted molar refractivity (Wildman–Crippen MR) is 130 cm³/mol. The fourth-order valence-corrected chi connectivity index (χ4v) is 3.79. The lowest BCUT2D eigenvalue weighted by Crippen LogP contribution is -2.13. The van der Waals surface area contributed by atoms with E-state index in [1.165, 1.54) is 52.7 Å². The molecule has 0 unspecified atom stereocenters. The molecule has 0 N–H and O–H groups in total. The van der Waals surface area contributed by atoms with Gasteiger partial charge in [0, 0.05) is 18.3 Å². The van der Waals surface area contributed by atoms with E-state index in [1.54, 1.807) is 0 Å². The average Bonchev–Trinajstić information content (AvgIpc) is 2.81. The van der Waals surface area contributed by atoms with Crippen LogP contribution >= 0.6 is 45.2 Å². The number of methoxy groups -OCH3 is 4. The van der Waals surface area contributed by atoms with E-state index in [0.29, 0.717) is 18.3 Å². The third kappa shape index (κ3) is 5.57. The van der Waals surface area contributed by atoms with Gasteiger partial charge in [-0.05, 0) is 69.4 Å². The van der Waals surface area contributed by atoms with Gasteiger partial charge in [-0.15, -0.1) is 0 Å². The minimum Gasteiger partial charge on any atom is -0.465 e. The number of ether oxygens (including phenoxy) is 4. The van der Waals surface area contributed by atoms with Crippen molar-refractivity contribution in [3.05, 3.63) is 64.8 Å². The molecule has 0 radical (unpaired) electrons. The highest BCUT2D eigenvalue weighted by atomic mass is 127. The van der Waals surface area contributed by atoms with Crippen molar-refractivity contribution in [2.24, 2.45) is 0 Å². The molecule has 10 heteroatoms. The molecule has 166 valence electrons. The van der Waals surface area contributed by atoms with Gasteiger partial charge in [-0.3, -0.25) is 0 Å². The molecule has 0 aliphatic rings. The van der Waals surface area contributed by atoms with Crippen molar-refractivity contribution in [1.82, 2.24) is 0 Å². The molecular formula is C22H16I2O8. The number of benzene rings is 2. The molecule has 2 aromatic carbocycles. The first kappa shape index (κ1) is 25.6. The van der Waals surface area contributed by atoms with Gasteiger partial charge < -0.3 is 18.9 Å². The lowest BCUT2D eigenvalue weighted by Gasteiger charge is -2.09. The van der Waals surface area contributed by atoms with Crippen molar-refractivity contribution in [2.45, 2.75) is 0 Å². The summed E-state index contributed by atoms with van der Waals surface area (Å²) >= 11 is 3.96. The van der Waals surface area contributed by atoms with Crippen LogP contribution in [-0.4, -0.2) is 52.3 Å². The molecule has 0 amide bonds. The maximum absolute atomic E-state index is 12.2. The van der Waals surface area contributed by atoms with E-state index in [2.05, 4.69) is 11.8 Å². The normalized spacial score (nSPS) is 9.81. The maximum atomic E-state index is 12.2. The van der Waals surface area contributed by atoms with Crippen LogP contribution in [-0.2, 0) is 18.9 Å². The molecule has 8 nitrogen and oxygen atoms in total. The molecular weight excluding hydrogens is 646 g/mol. The first-order valence-electron chi connectivity index (χ1n) is 8.70. The van der Waals surface area contributed by atoms with Crippen LogP contribution in [0.25, 0.3) is 0 Å². The average molecular weight is 662 g/mol. The monoisotopic (exact) mass is 662 g/mol. The summed E-state index contributed by atoms with van der Waals surface area (Å²) in [7, 11) is 4.82. The van der Waals surface area contributed by atoms with Crippen molar-refractivity contribution in [3.63, 3.8) is 0 Å². The first-order chi connectivity index (χ1) is 15.2. The quantitative estimate of drug-likeness (QED) is 0.213. The molecule has 32 heavy (non-hydrogen) atoms. The molecule has 0 fully saturated rings. The minimum atomic E-state index is -0.713. The van der Waals surface area contributed by atoms with Gasteiger partial charge >= 0.3 is 23.9 Å². The van der Waals surface area contributed by atoms with Crippen LogP contribution in [0.1, 0.15) is 52.6 Å². The fraction of sp³-hybridized carbons (Fsp3) is 0.182. The Morgan fingerprint density at radius 2 is 0.812 bits per heavy atom. The Labute approximate surface area is 211 Å². The molecule has 0 aliphatic heterocycles. The Balaban J connectivity index is 2.65. The lowest BCUT2D eigenvalue weighted by molar-refractivity contribution is 0.0555. The molecule has 2 aromatic rings. The van der Waals surface area contributed by atoms with E-state index >= 15 is 0 Å². The summed E-state index contributed by atoms with van der Waals surface area (Å²) in [6, 6.07) is 5.83. The third-order valence-electron chi connectivity index (χ3n) is 4.17. The second-order valence-corrected chi connectivity index (χ2v) is 8.30. The maximum Gasteiger partial charge on any atom is 0.338 e. The second kappa shape index (κ2) is 11.3. The van der Waals surface area contributed by atoms with Crippen molar-refractivity contribution in [2.75, 3.05) is 28.4 Å². The summed E-state index contributed by atoms with van der Waals surface area (Å²) < 4.78 is 20.2. The number of rotatable bonds is 4. The van der Waals surface area contributed by atoms with Crippen LogP contribution in [0.15, 0.2) is 24.3 Å². The Morgan fingerprint density at radius 3 is 1.06 bits per heavy atom. The number of carbonyl (C=O) groups is 4. The Kier molecular flexibility index (Phi) is 9.02. The van der Waals surface area contributed by atoms with Crippen LogP contribution in [0.3, 0.4) is 0 Å². The highest BCUT2D eigenvalue weighted by Crippen LogP contribution is 2.23. The van der Waals surface area contributed by atoms with Gasteiger partial charge in [0.25, 0.3) is 0 Å². The van der Waals surface area contributed by atoms with E-state index in [4.69, 9.17) is 18.9 Å². The summed E-state index contributed by atoms with van der Waals surface area (Å²) in [6.07, 6.45) is 0. The highest BCUT2D eigenvalue weighted by Gasteiger charge is 2.22. The molecule has 0 bridgehead atoms. The van der Waals surface area contributed by atoms with Gasteiger partial charge in [0.2, 0.25) is 0 Å². The molecule has 2 rings (SSSR count). The Hall–Kier alpha value is -2.66. The van der Waals surface area contributed by atoms with E-state index in [1.807, 2.05) is 45.2 Å². The molecule has 0 spiro atoms. The SMILES string of the molecule is COC(=O)c1cc(I)c(C#Cc2cc(C(=O)OC)c(C(=O)OC)cc2I)cc1C(=O)OC. The van der Waals surface area contributed by atoms with Gasteiger partial charge in [0.05, 0.1) is 50.7 Å². The van der Waals surface area contributed by atoms with E-state index in [9.17, 15) is 19.2 Å². The largest absolute Gasteiger partial charge is 0.465 e. The number of carbonyl (C=O) groups excluding carboxylic acids is 4. The van der Waals surface area contributed by atoms with Crippen molar-refractivity contribution < 1.29 is 38.1 Å². The van der Waals surface area contributed by atoms with Crippen molar-refractivity contribution in [3.8, 4) is 11.8 Å². The van der Waals surface area contributed by atoms with Crippen molar-refractivity contribution >= 4 is 69.1 Å². The molecule has 0 aliphatic carbocycles. The Bertz CT molecular complexity index is 1090. The van der Waals surface area contributed by atoms with Crippen LogP contribution < -0.4 is 0 Å². The summed E-state index contributed by atoms with van der Waals surface area (Å²) in [6.45, 7) is 0. The number of halogens is 2. The third-order valence-corrected chi connectivity index (χ3v) is 5.95. The number of esters is 4. The zero-order valence-corrected chi connectivity index (χ0v) is 21.6. The number of hydrogen-bond acceptors (Lipinski definition) is 8. The minimum absolute atomic E-state index is 0.00931. The lowest BCUT2D eigenvalue weighted by atomic mass is 10.0. The van der Waals surface area contributed by atoms with Crippen LogP contribution in [0, 0.1) is 19.0 Å². The van der Waals surface area contributed by atoms with Gasteiger partial charge in [-0.25, -0.2) is 19.2 Å². The van der Waals surface area contributed by atoms with Gasteiger partial charge in [-0.1, -0.05) is 11.8 Å². The zero-order valence-electron chi connectivity index (χ0n) is 17.3. The molecule has 0 saturated carbocycles. The second-order valence-electron chi connectivity index (χ2n) is 5.97. The fourth-order valence-electron chi connectivity index (χ4n) is 2.59. The zero-order chi connectivity index (χ0) is 24.0. The standard InChI is InChI=1S/C22H16I2O8/c1-29-19(25)13-7-11(17(23)9-15(13)21(27)31-3)5-6-12-8-14(20(26)30-2)16(10-18(12)24)22(28)32-4/h7-10H,1-4H3. The highest BCUT2D eigenvalue weighted by molar-refractivity contribution is 14.1. The Morgan fingerprint density at radius 1 is 0.562 bits per heavy atom. The van der Waals surface area contributed by atoms with Crippen LogP contribution in [0.2, 0.25) is 0 Å². The summed E-state index contributed by atoms with van der Waals surface area (Å²) in [4.78, 5) is 48.4. The smallest absolute Gasteiger partial charge is 0.338 e. The molecule has 0 saturated heterocycles. The summed E-state index contributed by atoms with van der Waals surface area (Å²) in [5.74, 6) is 3.07. The van der Waals surface area contributed by atoms with E-state index in [-0.39, 0.29) is 22.3 Å². The van der Waals surface area contributed by atoms with Crippen molar-refractivity contribution in [1.29, 1.82) is 0 Å². The van der Waals surface area contributed by atoms with Crippen LogP contribution in [0.5, 0.6) is 0 Å².